The van der Waals surface area contributed by atoms with Crippen LogP contribution in [-0.2, 0) is 11.2 Å². The summed E-state index contributed by atoms with van der Waals surface area (Å²) in [5.41, 5.74) is 8.70. The molecule has 1 aliphatic heterocycles. The summed E-state index contributed by atoms with van der Waals surface area (Å²) in [6, 6.07) is 21.6. The summed E-state index contributed by atoms with van der Waals surface area (Å²) >= 11 is 0. The van der Waals surface area contributed by atoms with Crippen molar-refractivity contribution in [1.82, 2.24) is 5.32 Å². The molecule has 2 nitrogen and oxygen atoms in total. The largest absolute Gasteiger partial charge is 0.364 e. The van der Waals surface area contributed by atoms with Crippen LogP contribution in [0.2, 0.25) is 0 Å². The summed E-state index contributed by atoms with van der Waals surface area (Å²) < 4.78 is 0. The Kier molecular flexibility index (Phi) is 5.81. The first kappa shape index (κ1) is 22.5. The Balaban J connectivity index is 1.49. The molecule has 0 saturated heterocycles. The quantitative estimate of drug-likeness (QED) is 0.522. The fraction of sp³-hybridized carbons (Fsp3) is 0.206. The number of fused-ring (bicyclic) bond motifs is 5. The number of nitrogens with one attached hydrogen (secondary N) is 1. The van der Waals surface area contributed by atoms with Crippen molar-refractivity contribution < 1.29 is 4.79 Å². The van der Waals surface area contributed by atoms with Gasteiger partial charge in [0.1, 0.15) is 5.78 Å². The summed E-state index contributed by atoms with van der Waals surface area (Å²) in [5.74, 6) is 0.139. The van der Waals surface area contributed by atoms with E-state index in [-0.39, 0.29) is 17.8 Å². The molecule has 1 heterocycles. The van der Waals surface area contributed by atoms with Crippen molar-refractivity contribution in [3.63, 3.8) is 0 Å². The molecule has 3 atom stereocenters. The number of carbonyl (C=O) groups is 1. The Hall–Kier alpha value is -3.91. The van der Waals surface area contributed by atoms with Gasteiger partial charge in [-0.2, -0.15) is 0 Å². The van der Waals surface area contributed by atoms with Gasteiger partial charge in [0.2, 0.25) is 0 Å². The molecule has 3 aliphatic rings. The van der Waals surface area contributed by atoms with Crippen molar-refractivity contribution >= 4 is 17.9 Å². The fourth-order valence-electron chi connectivity index (χ4n) is 5.94. The van der Waals surface area contributed by atoms with Crippen LogP contribution in [0.4, 0.5) is 0 Å². The molecule has 2 heteroatoms. The molecule has 3 aromatic rings. The summed E-state index contributed by atoms with van der Waals surface area (Å²) in [6.07, 6.45) is 16.6. The second-order valence-electron chi connectivity index (χ2n) is 10.2. The van der Waals surface area contributed by atoms with E-state index in [1.165, 1.54) is 38.3 Å². The highest BCUT2D eigenvalue weighted by Gasteiger charge is 2.32. The minimum absolute atomic E-state index is 0.132. The molecule has 0 saturated carbocycles. The maximum absolute atomic E-state index is 13.9. The summed E-state index contributed by atoms with van der Waals surface area (Å²) in [6.45, 7) is 4.14. The van der Waals surface area contributed by atoms with Gasteiger partial charge in [0, 0.05) is 29.7 Å². The van der Waals surface area contributed by atoms with E-state index in [2.05, 4.69) is 104 Å². The number of Topliss-reactive ketones (excluding diaryl/α,β-unsaturated/α-hetero) is 1. The van der Waals surface area contributed by atoms with E-state index in [4.69, 9.17) is 0 Å². The molecule has 178 valence electrons. The summed E-state index contributed by atoms with van der Waals surface area (Å²) in [5, 5.41) is 6.00. The van der Waals surface area contributed by atoms with Gasteiger partial charge in [-0.1, -0.05) is 97.5 Å². The zero-order chi connectivity index (χ0) is 24.6. The number of rotatable bonds is 4. The summed E-state index contributed by atoms with van der Waals surface area (Å²) in [7, 11) is 0. The Morgan fingerprint density at radius 3 is 2.61 bits per heavy atom. The van der Waals surface area contributed by atoms with Gasteiger partial charge in [0.25, 0.3) is 0 Å². The molecule has 0 spiro atoms. The first-order valence-corrected chi connectivity index (χ1v) is 12.9. The number of ketones is 1. The molecule has 0 aromatic heterocycles. The van der Waals surface area contributed by atoms with Crippen LogP contribution >= 0.6 is 0 Å². The molecule has 6 rings (SSSR count). The highest BCUT2D eigenvalue weighted by molar-refractivity contribution is 5.92. The van der Waals surface area contributed by atoms with E-state index >= 15 is 0 Å². The first-order valence-electron chi connectivity index (χ1n) is 12.9. The average molecular weight is 470 g/mol. The SMILES string of the molecule is Cc1ccc(C(C)C(=O)C2C=c3c(ccc4c3=CCc3ccccc3-4)C(C3=CC=CC=CN3)C2)cc1. The molecule has 0 radical (unpaired) electrons. The fourth-order valence-corrected chi connectivity index (χ4v) is 5.94. The molecule has 0 bridgehead atoms. The monoisotopic (exact) mass is 469 g/mol. The normalized spacial score (nSPS) is 20.3. The average Bonchev–Trinajstić information content (AvgIpc) is 3.21. The van der Waals surface area contributed by atoms with E-state index in [0.717, 1.165) is 24.1 Å². The predicted molar refractivity (Wildman–Crippen MR) is 149 cm³/mol. The van der Waals surface area contributed by atoms with E-state index in [1.807, 2.05) is 18.4 Å². The molecular formula is C34H31NO. The van der Waals surface area contributed by atoms with Crippen molar-refractivity contribution in [1.29, 1.82) is 0 Å². The van der Waals surface area contributed by atoms with Gasteiger partial charge in [-0.05, 0) is 70.2 Å². The smallest absolute Gasteiger partial charge is 0.146 e. The third kappa shape index (κ3) is 3.97. The lowest BCUT2D eigenvalue weighted by Crippen LogP contribution is -2.40. The highest BCUT2D eigenvalue weighted by Crippen LogP contribution is 2.36. The second-order valence-corrected chi connectivity index (χ2v) is 10.2. The number of allylic oxidation sites excluding steroid dienone is 5. The molecule has 3 aromatic carbocycles. The number of hydrogen-bond donors (Lipinski definition) is 1. The molecule has 3 unspecified atom stereocenters. The zero-order valence-electron chi connectivity index (χ0n) is 20.9. The molecule has 0 fully saturated rings. The lowest BCUT2D eigenvalue weighted by Gasteiger charge is -2.31. The minimum atomic E-state index is -0.144. The lowest BCUT2D eigenvalue weighted by atomic mass is 9.74. The lowest BCUT2D eigenvalue weighted by molar-refractivity contribution is -0.122. The van der Waals surface area contributed by atoms with Crippen molar-refractivity contribution in [3.8, 4) is 11.1 Å². The van der Waals surface area contributed by atoms with Crippen LogP contribution in [0.25, 0.3) is 23.3 Å². The Bertz CT molecular complexity index is 1550. The van der Waals surface area contributed by atoms with Crippen LogP contribution in [0.3, 0.4) is 0 Å². The van der Waals surface area contributed by atoms with Crippen LogP contribution < -0.4 is 15.8 Å². The second kappa shape index (κ2) is 9.28. The Labute approximate surface area is 213 Å². The molecular weight excluding hydrogens is 438 g/mol. The minimum Gasteiger partial charge on any atom is -0.364 e. The van der Waals surface area contributed by atoms with E-state index < -0.39 is 0 Å². The van der Waals surface area contributed by atoms with Gasteiger partial charge < -0.3 is 5.32 Å². The zero-order valence-corrected chi connectivity index (χ0v) is 20.9. The topological polar surface area (TPSA) is 29.1 Å². The molecule has 2 aliphatic carbocycles. The van der Waals surface area contributed by atoms with Crippen LogP contribution in [0.1, 0.15) is 47.4 Å². The predicted octanol–water partition coefficient (Wildman–Crippen LogP) is 5.81. The maximum atomic E-state index is 13.9. The van der Waals surface area contributed by atoms with Gasteiger partial charge in [-0.15, -0.1) is 0 Å². The van der Waals surface area contributed by atoms with Crippen LogP contribution in [0.15, 0.2) is 96.9 Å². The van der Waals surface area contributed by atoms with Gasteiger partial charge >= 0.3 is 0 Å². The van der Waals surface area contributed by atoms with Crippen molar-refractivity contribution in [3.05, 3.63) is 130 Å². The van der Waals surface area contributed by atoms with Crippen molar-refractivity contribution in [2.24, 2.45) is 5.92 Å². The van der Waals surface area contributed by atoms with Crippen LogP contribution in [0.5, 0.6) is 0 Å². The standard InChI is InChI=1S/C34H31NO/c1-22-11-13-24(14-12-22)23(2)34(36)26-20-31-29-16-15-25-8-5-6-9-27(25)28(29)17-18-30(31)32(21-26)33-10-4-3-7-19-35-33/h3-14,16-20,23,26,32,35H,15,21H2,1-2H3. The van der Waals surface area contributed by atoms with E-state index in [1.54, 1.807) is 0 Å². The van der Waals surface area contributed by atoms with E-state index in [9.17, 15) is 4.79 Å². The van der Waals surface area contributed by atoms with Gasteiger partial charge in [-0.3, -0.25) is 4.79 Å². The van der Waals surface area contributed by atoms with Gasteiger partial charge in [-0.25, -0.2) is 0 Å². The number of carbonyl (C=O) groups excluding carboxylic acids is 1. The maximum Gasteiger partial charge on any atom is 0.146 e. The van der Waals surface area contributed by atoms with Crippen LogP contribution in [-0.4, -0.2) is 5.78 Å². The highest BCUT2D eigenvalue weighted by atomic mass is 16.1. The molecule has 36 heavy (non-hydrogen) atoms. The van der Waals surface area contributed by atoms with Crippen molar-refractivity contribution in [2.75, 3.05) is 0 Å². The van der Waals surface area contributed by atoms with E-state index in [0.29, 0.717) is 5.78 Å². The Morgan fingerprint density at radius 2 is 1.75 bits per heavy atom. The summed E-state index contributed by atoms with van der Waals surface area (Å²) in [4.78, 5) is 13.9. The van der Waals surface area contributed by atoms with Crippen molar-refractivity contribution in [2.45, 2.75) is 38.5 Å². The number of hydrogen-bond acceptors (Lipinski definition) is 2. The Morgan fingerprint density at radius 1 is 0.917 bits per heavy atom. The van der Waals surface area contributed by atoms with Gasteiger partial charge in [0.15, 0.2) is 0 Å². The molecule has 1 N–H and O–H groups in total. The van der Waals surface area contributed by atoms with Gasteiger partial charge in [0.05, 0.1) is 0 Å². The third-order valence-corrected chi connectivity index (χ3v) is 7.98. The third-order valence-electron chi connectivity index (χ3n) is 7.98. The number of aryl methyl sites for hydroxylation is 1. The molecule has 0 amide bonds. The first-order chi connectivity index (χ1) is 17.6. The number of benzene rings is 3. The van der Waals surface area contributed by atoms with Crippen LogP contribution in [0, 0.1) is 12.8 Å².